The molecule has 0 bridgehead atoms. The van der Waals surface area contributed by atoms with E-state index >= 15 is 0 Å². The van der Waals surface area contributed by atoms with E-state index < -0.39 is 5.97 Å². The number of nitrogens with zero attached hydrogens (tertiary/aromatic N) is 3. The second-order valence-electron chi connectivity index (χ2n) is 6.61. The van der Waals surface area contributed by atoms with Crippen LogP contribution in [-0.2, 0) is 24.2 Å². The van der Waals surface area contributed by atoms with Crippen LogP contribution in [0.25, 0.3) is 6.08 Å². The number of imidazole rings is 1. The number of unbranched alkanes of at least 4 members (excludes halogenated alkanes) is 1. The maximum atomic E-state index is 11.8. The summed E-state index contributed by atoms with van der Waals surface area (Å²) in [5, 5.41) is 17.0. The van der Waals surface area contributed by atoms with E-state index in [-0.39, 0.29) is 12.0 Å². The van der Waals surface area contributed by atoms with Crippen molar-refractivity contribution in [3.05, 3.63) is 76.1 Å². The van der Waals surface area contributed by atoms with Crippen molar-refractivity contribution < 1.29 is 9.90 Å². The van der Waals surface area contributed by atoms with E-state index in [0.717, 1.165) is 42.0 Å². The van der Waals surface area contributed by atoms with Gasteiger partial charge < -0.3 is 9.67 Å². The van der Waals surface area contributed by atoms with Crippen LogP contribution in [0.1, 0.15) is 42.5 Å². The van der Waals surface area contributed by atoms with Gasteiger partial charge >= 0.3 is 5.97 Å². The third kappa shape index (κ3) is 4.89. The van der Waals surface area contributed by atoms with Crippen molar-refractivity contribution in [3.63, 3.8) is 0 Å². The van der Waals surface area contributed by atoms with Crippen LogP contribution in [0, 0.1) is 0 Å². The van der Waals surface area contributed by atoms with Crippen LogP contribution >= 0.6 is 11.6 Å². The number of hydrogen-bond acceptors (Lipinski definition) is 3. The molecule has 2 heterocycles. The van der Waals surface area contributed by atoms with Crippen LogP contribution in [0.3, 0.4) is 0 Å². The number of benzene rings is 1. The summed E-state index contributed by atoms with van der Waals surface area (Å²) in [6, 6.07) is 9.44. The van der Waals surface area contributed by atoms with Gasteiger partial charge in [-0.2, -0.15) is 5.10 Å². The first-order valence-corrected chi connectivity index (χ1v) is 9.66. The van der Waals surface area contributed by atoms with E-state index in [0.29, 0.717) is 11.6 Å². The summed E-state index contributed by atoms with van der Waals surface area (Å²) in [4.78, 5) is 16.3. The van der Waals surface area contributed by atoms with Gasteiger partial charge in [-0.15, -0.1) is 0 Å². The molecule has 0 atom stereocenters. The molecular formula is C21H23ClN4O2. The Bertz CT molecular complexity index is 961. The van der Waals surface area contributed by atoms with E-state index in [1.807, 2.05) is 28.8 Å². The highest BCUT2D eigenvalue weighted by Crippen LogP contribution is 2.21. The summed E-state index contributed by atoms with van der Waals surface area (Å²) in [6.45, 7) is 2.68. The van der Waals surface area contributed by atoms with E-state index in [1.54, 1.807) is 24.5 Å². The number of nitrogens with one attached hydrogen (secondary N) is 1. The van der Waals surface area contributed by atoms with E-state index in [2.05, 4.69) is 22.1 Å². The number of aryl methyl sites for hydroxylation is 1. The molecule has 0 fully saturated rings. The third-order valence-electron chi connectivity index (χ3n) is 4.55. The maximum absolute atomic E-state index is 11.8. The summed E-state index contributed by atoms with van der Waals surface area (Å²) in [5.74, 6) is -0.0329. The first-order chi connectivity index (χ1) is 13.6. The van der Waals surface area contributed by atoms with Crippen molar-refractivity contribution in [2.45, 2.75) is 39.2 Å². The number of carbonyl (C=O) groups is 1. The van der Waals surface area contributed by atoms with Gasteiger partial charge in [0.1, 0.15) is 5.82 Å². The van der Waals surface area contributed by atoms with Crippen molar-refractivity contribution >= 4 is 23.6 Å². The molecule has 7 heteroatoms. The van der Waals surface area contributed by atoms with Gasteiger partial charge in [0.2, 0.25) is 0 Å². The lowest BCUT2D eigenvalue weighted by Crippen LogP contribution is -2.09. The molecule has 0 aliphatic carbocycles. The molecule has 0 radical (unpaired) electrons. The van der Waals surface area contributed by atoms with Gasteiger partial charge in [0.25, 0.3) is 0 Å². The lowest BCUT2D eigenvalue weighted by Gasteiger charge is -2.12. The van der Waals surface area contributed by atoms with Gasteiger partial charge in [-0.25, -0.2) is 9.78 Å². The smallest absolute Gasteiger partial charge is 0.332 e. The van der Waals surface area contributed by atoms with E-state index in [4.69, 9.17) is 11.6 Å². The molecule has 0 saturated carbocycles. The topological polar surface area (TPSA) is 83.8 Å². The minimum absolute atomic E-state index is 0.261. The quantitative estimate of drug-likeness (QED) is 0.524. The molecule has 0 aliphatic rings. The molecule has 28 heavy (non-hydrogen) atoms. The normalized spacial score (nSPS) is 11.7. The molecule has 1 aromatic carbocycles. The standard InChI is InChI=1S/C21H23ClN4O2/c1-2-3-8-20-23-13-18(26(20)14-15-6-4-5-7-19(15)22)12-16(21(27)28)11-17-9-10-24-25-17/h4-7,9-10,12-13H,2-3,8,11,14H2,1H3,(H,24,25)(H,27,28)/b16-12+. The van der Waals surface area contributed by atoms with Crippen molar-refractivity contribution in [1.82, 2.24) is 19.7 Å². The molecule has 6 nitrogen and oxygen atoms in total. The SMILES string of the molecule is CCCCc1ncc(/C=C(\Cc2ccn[nH]2)C(=O)O)n1Cc1ccccc1Cl. The van der Waals surface area contributed by atoms with Crippen molar-refractivity contribution in [3.8, 4) is 0 Å². The fourth-order valence-corrected chi connectivity index (χ4v) is 3.21. The third-order valence-corrected chi connectivity index (χ3v) is 4.91. The van der Waals surface area contributed by atoms with E-state index in [9.17, 15) is 9.90 Å². The largest absolute Gasteiger partial charge is 0.478 e. The highest BCUT2D eigenvalue weighted by Gasteiger charge is 2.15. The molecule has 0 aliphatic heterocycles. The zero-order chi connectivity index (χ0) is 19.9. The Hall–Kier alpha value is -2.86. The summed E-state index contributed by atoms with van der Waals surface area (Å²) in [5.41, 5.74) is 2.74. The Morgan fingerprint density at radius 2 is 2.14 bits per heavy atom. The maximum Gasteiger partial charge on any atom is 0.332 e. The molecule has 0 saturated heterocycles. The molecule has 3 rings (SSSR count). The van der Waals surface area contributed by atoms with Gasteiger partial charge in [-0.3, -0.25) is 5.10 Å². The van der Waals surface area contributed by atoms with Gasteiger partial charge in [0.05, 0.1) is 18.4 Å². The van der Waals surface area contributed by atoms with Crippen LogP contribution in [0.2, 0.25) is 5.02 Å². The molecule has 0 spiro atoms. The van der Waals surface area contributed by atoms with Crippen molar-refractivity contribution in [1.29, 1.82) is 0 Å². The van der Waals surface area contributed by atoms with Crippen LogP contribution < -0.4 is 0 Å². The number of hydrogen-bond donors (Lipinski definition) is 2. The Morgan fingerprint density at radius 3 is 2.82 bits per heavy atom. The minimum Gasteiger partial charge on any atom is -0.478 e. The van der Waals surface area contributed by atoms with Gasteiger partial charge in [0, 0.05) is 35.3 Å². The highest BCUT2D eigenvalue weighted by molar-refractivity contribution is 6.31. The molecule has 2 aromatic heterocycles. The van der Waals surface area contributed by atoms with Crippen LogP contribution in [0.5, 0.6) is 0 Å². The Balaban J connectivity index is 1.97. The van der Waals surface area contributed by atoms with Crippen LogP contribution in [0.15, 0.2) is 48.3 Å². The number of rotatable bonds is 9. The average molecular weight is 399 g/mol. The first-order valence-electron chi connectivity index (χ1n) is 9.28. The average Bonchev–Trinajstić information content (AvgIpc) is 3.32. The molecule has 3 aromatic rings. The molecule has 0 unspecified atom stereocenters. The van der Waals surface area contributed by atoms with Crippen molar-refractivity contribution in [2.75, 3.05) is 0 Å². The number of aromatic nitrogens is 4. The molecular weight excluding hydrogens is 376 g/mol. The molecule has 2 N–H and O–H groups in total. The number of carboxylic acids is 1. The lowest BCUT2D eigenvalue weighted by molar-refractivity contribution is -0.132. The number of aliphatic carboxylic acids is 1. The molecule has 0 amide bonds. The van der Waals surface area contributed by atoms with E-state index in [1.165, 1.54) is 0 Å². The number of halogens is 1. The lowest BCUT2D eigenvalue weighted by atomic mass is 10.1. The number of H-pyrrole nitrogens is 1. The molecule has 146 valence electrons. The Kier molecular flexibility index (Phi) is 6.66. The second-order valence-corrected chi connectivity index (χ2v) is 7.02. The van der Waals surface area contributed by atoms with Crippen molar-refractivity contribution in [2.24, 2.45) is 0 Å². The zero-order valence-corrected chi connectivity index (χ0v) is 16.5. The second kappa shape index (κ2) is 9.37. The zero-order valence-electron chi connectivity index (χ0n) is 15.7. The van der Waals surface area contributed by atoms with Crippen LogP contribution in [-0.4, -0.2) is 30.8 Å². The fourth-order valence-electron chi connectivity index (χ4n) is 3.01. The summed E-state index contributed by atoms with van der Waals surface area (Å²) in [6.07, 6.45) is 8.20. The first kappa shape index (κ1) is 19.9. The number of aromatic amines is 1. The van der Waals surface area contributed by atoms with Gasteiger partial charge in [-0.05, 0) is 30.2 Å². The Labute approximate surface area is 168 Å². The van der Waals surface area contributed by atoms with Gasteiger partial charge in [0.15, 0.2) is 0 Å². The summed E-state index contributed by atoms with van der Waals surface area (Å²) in [7, 11) is 0. The van der Waals surface area contributed by atoms with Gasteiger partial charge in [-0.1, -0.05) is 43.1 Å². The monoisotopic (exact) mass is 398 g/mol. The predicted molar refractivity (Wildman–Crippen MR) is 109 cm³/mol. The summed E-state index contributed by atoms with van der Waals surface area (Å²) < 4.78 is 2.05. The summed E-state index contributed by atoms with van der Waals surface area (Å²) >= 11 is 6.35. The number of carboxylic acid groups (broad SMARTS) is 1. The Morgan fingerprint density at radius 1 is 1.32 bits per heavy atom. The van der Waals surface area contributed by atoms with Crippen LogP contribution in [0.4, 0.5) is 0 Å². The highest BCUT2D eigenvalue weighted by atomic mass is 35.5. The predicted octanol–water partition coefficient (Wildman–Crippen LogP) is 4.36. The minimum atomic E-state index is -0.963. The fraction of sp³-hybridized carbons (Fsp3) is 0.286.